The fourth-order valence-corrected chi connectivity index (χ4v) is 3.57. The Balaban J connectivity index is 1.75. The van der Waals surface area contributed by atoms with E-state index in [1.54, 1.807) is 30.5 Å². The number of nitrogens with one attached hydrogen (secondary N) is 2. The summed E-state index contributed by atoms with van der Waals surface area (Å²) < 4.78 is 9.26. The van der Waals surface area contributed by atoms with Gasteiger partial charge in [-0.15, -0.1) is 0 Å². The van der Waals surface area contributed by atoms with Gasteiger partial charge in [0.1, 0.15) is 5.65 Å². The number of carbonyl (C=O) groups excluding carboxylic acids is 3. The molecule has 2 heterocycles. The van der Waals surface area contributed by atoms with E-state index < -0.39 is 23.3 Å². The van der Waals surface area contributed by atoms with Gasteiger partial charge in [-0.05, 0) is 30.4 Å². The number of rotatable bonds is 9. The Morgan fingerprint density at radius 3 is 2.42 bits per heavy atom. The van der Waals surface area contributed by atoms with Crippen LogP contribution in [0.3, 0.4) is 0 Å². The number of nitrogens with two attached hydrogens (primary N) is 2. The molecule has 3 rings (SSSR count). The predicted molar refractivity (Wildman–Crippen MR) is 119 cm³/mol. The van der Waals surface area contributed by atoms with Crippen LogP contribution < -0.4 is 17.0 Å². The highest BCUT2D eigenvalue weighted by Crippen LogP contribution is 2.21. The summed E-state index contributed by atoms with van der Waals surface area (Å²) in [4.78, 5) is 58.4. The number of ether oxygens (including phenoxy) is 2. The van der Waals surface area contributed by atoms with Crippen molar-refractivity contribution in [1.82, 2.24) is 15.0 Å². The molecular weight excluding hydrogens is 430 g/mol. The van der Waals surface area contributed by atoms with Gasteiger partial charge in [0.15, 0.2) is 11.3 Å². The highest BCUT2D eigenvalue weighted by Gasteiger charge is 2.43. The summed E-state index contributed by atoms with van der Waals surface area (Å²) in [5.41, 5.74) is 11.6. The van der Waals surface area contributed by atoms with E-state index in [9.17, 15) is 19.2 Å². The molecule has 174 valence electrons. The van der Waals surface area contributed by atoms with E-state index in [2.05, 4.69) is 19.7 Å². The van der Waals surface area contributed by atoms with Crippen LogP contribution in [-0.4, -0.2) is 52.4 Å². The number of H-pyrrole nitrogens is 2. The van der Waals surface area contributed by atoms with E-state index in [0.29, 0.717) is 23.9 Å². The van der Waals surface area contributed by atoms with Gasteiger partial charge in [-0.3, -0.25) is 19.4 Å². The van der Waals surface area contributed by atoms with Crippen LogP contribution in [0.1, 0.15) is 34.3 Å². The van der Waals surface area contributed by atoms with Gasteiger partial charge in [0.25, 0.3) is 5.56 Å². The summed E-state index contributed by atoms with van der Waals surface area (Å²) in [5, 5.41) is 0.451. The molecule has 0 unspecified atom stereocenters. The summed E-state index contributed by atoms with van der Waals surface area (Å²) in [6.07, 6.45) is 2.38. The number of hydrogen-bond donors (Lipinski definition) is 4. The third kappa shape index (κ3) is 4.93. The minimum absolute atomic E-state index is 0.0377. The molecule has 0 amide bonds. The Morgan fingerprint density at radius 2 is 1.79 bits per heavy atom. The van der Waals surface area contributed by atoms with Crippen LogP contribution in [0.4, 0.5) is 5.95 Å². The van der Waals surface area contributed by atoms with E-state index in [1.165, 1.54) is 7.11 Å². The fraction of sp³-hybridized carbons (Fsp3) is 0.318. The van der Waals surface area contributed by atoms with Gasteiger partial charge in [-0.25, -0.2) is 4.79 Å². The zero-order valence-corrected chi connectivity index (χ0v) is 18.3. The highest BCUT2D eigenvalue weighted by atomic mass is 16.5. The van der Waals surface area contributed by atoms with Crippen LogP contribution in [0, 0.1) is 0 Å². The van der Waals surface area contributed by atoms with Gasteiger partial charge in [-0.2, -0.15) is 4.98 Å². The molecule has 0 spiro atoms. The highest BCUT2D eigenvalue weighted by molar-refractivity contribution is 6.16. The Morgan fingerprint density at radius 1 is 1.09 bits per heavy atom. The number of nitrogen functional groups attached to an aromatic ring is 1. The fourth-order valence-electron chi connectivity index (χ4n) is 3.57. The standard InChI is InChI=1S/C22H25N5O6/c1-32-15(28)9-10-22(24,20(31)33-2)17(29)13-6-3-12(4-7-13)5-8-14-11-25-18-16(14)19(30)27-21(23)26-18/h3-4,6-7,11H,5,8-10,24H2,1-2H3,(H4,23,25,26,27,30)/t22-/m1/s1. The minimum Gasteiger partial charge on any atom is -0.469 e. The molecule has 2 aromatic heterocycles. The second-order valence-corrected chi connectivity index (χ2v) is 7.55. The number of anilines is 1. The number of esters is 2. The van der Waals surface area contributed by atoms with Crippen molar-refractivity contribution in [2.75, 3.05) is 20.0 Å². The summed E-state index contributed by atoms with van der Waals surface area (Å²) >= 11 is 0. The molecule has 0 aliphatic rings. The SMILES string of the molecule is COC(=O)CC[C@](N)(C(=O)OC)C(=O)c1ccc(CCc2c[nH]c3nc(N)[nH]c(=O)c23)cc1. The van der Waals surface area contributed by atoms with E-state index in [-0.39, 0.29) is 29.9 Å². The number of aryl methyl sites for hydroxylation is 2. The van der Waals surface area contributed by atoms with E-state index >= 15 is 0 Å². The Bertz CT molecular complexity index is 1250. The molecule has 1 atom stereocenters. The molecule has 0 bridgehead atoms. The molecule has 11 heteroatoms. The molecule has 3 aromatic rings. The number of methoxy groups -OCH3 is 2. The second-order valence-electron chi connectivity index (χ2n) is 7.55. The Kier molecular flexibility index (Phi) is 6.92. The maximum Gasteiger partial charge on any atom is 0.334 e. The third-order valence-electron chi connectivity index (χ3n) is 5.45. The first kappa shape index (κ1) is 23.7. The topological polar surface area (TPSA) is 183 Å². The molecule has 33 heavy (non-hydrogen) atoms. The van der Waals surface area contributed by atoms with Crippen LogP contribution in [0.5, 0.6) is 0 Å². The van der Waals surface area contributed by atoms with Gasteiger partial charge in [0, 0.05) is 18.2 Å². The van der Waals surface area contributed by atoms with E-state index in [1.807, 2.05) is 0 Å². The Labute approximate surface area is 188 Å². The first-order chi connectivity index (χ1) is 15.7. The van der Waals surface area contributed by atoms with Crippen LogP contribution >= 0.6 is 0 Å². The average Bonchev–Trinajstić information content (AvgIpc) is 3.23. The van der Waals surface area contributed by atoms with Crippen LogP contribution in [0.15, 0.2) is 35.3 Å². The average molecular weight is 455 g/mol. The molecular formula is C22H25N5O6. The summed E-state index contributed by atoms with van der Waals surface area (Å²) in [6, 6.07) is 6.59. The van der Waals surface area contributed by atoms with E-state index in [0.717, 1.165) is 18.2 Å². The number of aromatic amines is 2. The molecule has 0 fully saturated rings. The molecule has 0 aliphatic carbocycles. The normalized spacial score (nSPS) is 12.8. The number of carbonyl (C=O) groups is 3. The zero-order chi connectivity index (χ0) is 24.2. The molecule has 11 nitrogen and oxygen atoms in total. The largest absolute Gasteiger partial charge is 0.469 e. The molecule has 0 radical (unpaired) electrons. The summed E-state index contributed by atoms with van der Waals surface area (Å²) in [7, 11) is 2.33. The lowest BCUT2D eigenvalue weighted by Crippen LogP contribution is -2.55. The molecule has 1 aromatic carbocycles. The zero-order valence-electron chi connectivity index (χ0n) is 18.3. The lowest BCUT2D eigenvalue weighted by atomic mass is 9.85. The maximum atomic E-state index is 13.0. The summed E-state index contributed by atoms with van der Waals surface area (Å²) in [6.45, 7) is 0. The first-order valence-electron chi connectivity index (χ1n) is 10.1. The van der Waals surface area contributed by atoms with Gasteiger partial charge in [0.05, 0.1) is 19.6 Å². The quantitative estimate of drug-likeness (QED) is 0.204. The van der Waals surface area contributed by atoms with Gasteiger partial charge >= 0.3 is 11.9 Å². The van der Waals surface area contributed by atoms with Crippen molar-refractivity contribution in [2.24, 2.45) is 5.73 Å². The smallest absolute Gasteiger partial charge is 0.334 e. The number of hydrogen-bond acceptors (Lipinski definition) is 9. The number of fused-ring (bicyclic) bond motifs is 1. The van der Waals surface area contributed by atoms with E-state index in [4.69, 9.17) is 16.2 Å². The number of Topliss-reactive ketones (excluding diaryl/α,β-unsaturated/α-hetero) is 1. The maximum absolute atomic E-state index is 13.0. The predicted octanol–water partition coefficient (Wildman–Crippen LogP) is 0.625. The van der Waals surface area contributed by atoms with Crippen LogP contribution in [0.25, 0.3) is 11.0 Å². The minimum atomic E-state index is -2.01. The molecule has 0 saturated heterocycles. The Hall–Kier alpha value is -3.99. The first-order valence-corrected chi connectivity index (χ1v) is 10.1. The third-order valence-corrected chi connectivity index (χ3v) is 5.45. The van der Waals surface area contributed by atoms with Crippen LogP contribution in [-0.2, 0) is 31.9 Å². The number of benzene rings is 1. The number of aromatic nitrogens is 3. The van der Waals surface area contributed by atoms with Gasteiger partial charge < -0.3 is 25.9 Å². The van der Waals surface area contributed by atoms with Crippen molar-refractivity contribution < 1.29 is 23.9 Å². The van der Waals surface area contributed by atoms with Crippen LogP contribution in [0.2, 0.25) is 0 Å². The van der Waals surface area contributed by atoms with Crippen molar-refractivity contribution in [3.8, 4) is 0 Å². The summed E-state index contributed by atoms with van der Waals surface area (Å²) in [5.74, 6) is -2.14. The van der Waals surface area contributed by atoms with Crippen molar-refractivity contribution in [1.29, 1.82) is 0 Å². The van der Waals surface area contributed by atoms with Gasteiger partial charge in [-0.1, -0.05) is 24.3 Å². The lowest BCUT2D eigenvalue weighted by molar-refractivity contribution is -0.146. The molecule has 6 N–H and O–H groups in total. The number of ketones is 1. The van der Waals surface area contributed by atoms with Gasteiger partial charge in [0.2, 0.25) is 5.95 Å². The second kappa shape index (κ2) is 9.65. The molecule has 0 saturated carbocycles. The molecule has 0 aliphatic heterocycles. The monoisotopic (exact) mass is 455 g/mol. The lowest BCUT2D eigenvalue weighted by Gasteiger charge is -2.24. The van der Waals surface area contributed by atoms with Crippen molar-refractivity contribution >= 4 is 34.7 Å². The van der Waals surface area contributed by atoms with Crippen molar-refractivity contribution in [3.63, 3.8) is 0 Å². The van der Waals surface area contributed by atoms with Crippen molar-refractivity contribution in [3.05, 3.63) is 57.5 Å². The number of nitrogens with zero attached hydrogens (tertiary/aromatic N) is 1. The van der Waals surface area contributed by atoms with Crippen molar-refractivity contribution in [2.45, 2.75) is 31.2 Å².